The van der Waals surface area contributed by atoms with Crippen molar-refractivity contribution in [1.82, 2.24) is 10.2 Å². The predicted molar refractivity (Wildman–Crippen MR) is 134 cm³/mol. The Morgan fingerprint density at radius 3 is 2.26 bits per heavy atom. The van der Waals surface area contributed by atoms with Crippen LogP contribution in [0.2, 0.25) is 0 Å². The van der Waals surface area contributed by atoms with Gasteiger partial charge in [0.15, 0.2) is 0 Å². The topological polar surface area (TPSA) is 114 Å². The van der Waals surface area contributed by atoms with Crippen molar-refractivity contribution < 1.29 is 14.0 Å². The highest BCUT2D eigenvalue weighted by Gasteiger charge is 2.19. The van der Waals surface area contributed by atoms with Crippen molar-refractivity contribution in [2.75, 3.05) is 23.3 Å². The molecule has 8 nitrogen and oxygen atoms in total. The molecule has 0 atom stereocenters. The van der Waals surface area contributed by atoms with E-state index in [1.54, 1.807) is 36.4 Å². The molecule has 176 valence electrons. The first-order chi connectivity index (χ1) is 17.0. The molecule has 1 aliphatic heterocycles. The molecule has 1 fully saturated rings. The van der Waals surface area contributed by atoms with Crippen molar-refractivity contribution in [2.24, 2.45) is 5.73 Å². The van der Waals surface area contributed by atoms with E-state index in [1.807, 2.05) is 37.3 Å². The van der Waals surface area contributed by atoms with Gasteiger partial charge in [0.25, 0.3) is 5.91 Å². The summed E-state index contributed by atoms with van der Waals surface area (Å²) in [6.07, 6.45) is 2.18. The summed E-state index contributed by atoms with van der Waals surface area (Å²) in [5.41, 5.74) is 10.4. The molecule has 2 amide bonds. The summed E-state index contributed by atoms with van der Waals surface area (Å²) in [6, 6.07) is 19.9. The zero-order valence-corrected chi connectivity index (χ0v) is 19.3. The number of anilines is 2. The summed E-state index contributed by atoms with van der Waals surface area (Å²) in [5.74, 6) is -0.0137. The van der Waals surface area contributed by atoms with Crippen LogP contribution in [0.3, 0.4) is 0 Å². The summed E-state index contributed by atoms with van der Waals surface area (Å²) in [5, 5.41) is 11.2. The quantitative estimate of drug-likeness (QED) is 0.426. The molecular weight excluding hydrogens is 442 g/mol. The summed E-state index contributed by atoms with van der Waals surface area (Å²) < 4.78 is 5.84. The van der Waals surface area contributed by atoms with Crippen LogP contribution in [0.15, 0.2) is 71.1 Å². The van der Waals surface area contributed by atoms with E-state index < -0.39 is 5.91 Å². The number of carbonyl (C=O) groups is 2. The molecule has 0 radical (unpaired) electrons. The maximum absolute atomic E-state index is 13.0. The number of carbonyl (C=O) groups excluding carboxylic acids is 2. The molecule has 0 spiro atoms. The van der Waals surface area contributed by atoms with Crippen LogP contribution < -0.4 is 16.0 Å². The Balaban J connectivity index is 1.35. The zero-order chi connectivity index (χ0) is 24.4. The average molecular weight is 468 g/mol. The minimum atomic E-state index is -0.539. The largest absolute Gasteiger partial charge is 0.416 e. The Morgan fingerprint density at radius 1 is 0.886 bits per heavy atom. The number of rotatable bonds is 6. The Bertz CT molecular complexity index is 1390. The SMILES string of the molecule is Cc1cccc(-c2nnc(-c3ccc(C(=O)Nc4cc(C(N)=O)ccc4N4CCCC4)cc3)o2)c1. The van der Waals surface area contributed by atoms with Crippen LogP contribution in [-0.4, -0.2) is 35.1 Å². The van der Waals surface area contributed by atoms with Crippen LogP contribution >= 0.6 is 0 Å². The number of benzene rings is 3. The van der Waals surface area contributed by atoms with Crippen LogP contribution in [0.5, 0.6) is 0 Å². The van der Waals surface area contributed by atoms with E-state index in [2.05, 4.69) is 20.4 Å². The zero-order valence-electron chi connectivity index (χ0n) is 19.3. The Morgan fingerprint density at radius 2 is 1.57 bits per heavy atom. The fourth-order valence-corrected chi connectivity index (χ4v) is 4.22. The molecule has 1 aliphatic rings. The smallest absolute Gasteiger partial charge is 0.255 e. The molecule has 35 heavy (non-hydrogen) atoms. The van der Waals surface area contributed by atoms with Gasteiger partial charge in [-0.1, -0.05) is 17.7 Å². The molecule has 2 heterocycles. The average Bonchev–Trinajstić information content (AvgIpc) is 3.57. The third-order valence-electron chi connectivity index (χ3n) is 6.06. The van der Waals surface area contributed by atoms with Gasteiger partial charge in [0.2, 0.25) is 17.7 Å². The van der Waals surface area contributed by atoms with Crippen LogP contribution in [-0.2, 0) is 0 Å². The van der Waals surface area contributed by atoms with Crippen molar-refractivity contribution in [2.45, 2.75) is 19.8 Å². The second-order valence-corrected chi connectivity index (χ2v) is 8.60. The van der Waals surface area contributed by atoms with Gasteiger partial charge in [-0.15, -0.1) is 10.2 Å². The van der Waals surface area contributed by atoms with Crippen LogP contribution in [0, 0.1) is 6.92 Å². The summed E-state index contributed by atoms with van der Waals surface area (Å²) in [6.45, 7) is 3.81. The highest BCUT2D eigenvalue weighted by molar-refractivity contribution is 6.07. The third kappa shape index (κ3) is 4.77. The number of nitrogens with one attached hydrogen (secondary N) is 1. The minimum absolute atomic E-state index is 0.287. The molecule has 1 aromatic heterocycles. The van der Waals surface area contributed by atoms with Gasteiger partial charge in [-0.3, -0.25) is 9.59 Å². The van der Waals surface area contributed by atoms with Crippen molar-refractivity contribution in [3.05, 3.63) is 83.4 Å². The van der Waals surface area contributed by atoms with Gasteiger partial charge in [0, 0.05) is 35.3 Å². The van der Waals surface area contributed by atoms with E-state index in [9.17, 15) is 9.59 Å². The number of nitrogens with zero attached hydrogens (tertiary/aromatic N) is 3. The normalized spacial score (nSPS) is 13.1. The van der Waals surface area contributed by atoms with Gasteiger partial charge in [0.05, 0.1) is 11.4 Å². The number of primary amides is 1. The van der Waals surface area contributed by atoms with E-state index in [1.165, 1.54) is 0 Å². The lowest BCUT2D eigenvalue weighted by Crippen LogP contribution is -2.22. The molecular formula is C27H25N5O3. The minimum Gasteiger partial charge on any atom is -0.416 e. The highest BCUT2D eigenvalue weighted by Crippen LogP contribution is 2.31. The van der Waals surface area contributed by atoms with Gasteiger partial charge in [0.1, 0.15) is 0 Å². The van der Waals surface area contributed by atoms with Crippen molar-refractivity contribution in [1.29, 1.82) is 0 Å². The molecule has 5 rings (SSSR count). The maximum atomic E-state index is 13.0. The third-order valence-corrected chi connectivity index (χ3v) is 6.06. The first kappa shape index (κ1) is 22.3. The van der Waals surface area contributed by atoms with Crippen LogP contribution in [0.4, 0.5) is 11.4 Å². The fraction of sp³-hybridized carbons (Fsp3) is 0.185. The molecule has 1 saturated heterocycles. The second kappa shape index (κ2) is 9.42. The van der Waals surface area contributed by atoms with Crippen molar-refractivity contribution in [3.63, 3.8) is 0 Å². The van der Waals surface area contributed by atoms with Crippen LogP contribution in [0.25, 0.3) is 22.9 Å². The molecule has 0 aliphatic carbocycles. The van der Waals surface area contributed by atoms with E-state index >= 15 is 0 Å². The molecule has 0 saturated carbocycles. The lowest BCUT2D eigenvalue weighted by Gasteiger charge is -2.22. The van der Waals surface area contributed by atoms with Gasteiger partial charge >= 0.3 is 0 Å². The lowest BCUT2D eigenvalue weighted by molar-refractivity contribution is 0.0996. The number of amides is 2. The van der Waals surface area contributed by atoms with Gasteiger partial charge in [-0.2, -0.15) is 0 Å². The molecule has 0 unspecified atom stereocenters. The Kier molecular flexibility index (Phi) is 6.01. The van der Waals surface area contributed by atoms with Crippen LogP contribution in [0.1, 0.15) is 39.1 Å². The number of hydrogen-bond donors (Lipinski definition) is 2. The predicted octanol–water partition coefficient (Wildman–Crippen LogP) is 4.66. The first-order valence-corrected chi connectivity index (χ1v) is 11.5. The molecule has 3 N–H and O–H groups in total. The number of aromatic nitrogens is 2. The van der Waals surface area contributed by atoms with E-state index in [4.69, 9.17) is 10.2 Å². The van der Waals surface area contributed by atoms with Crippen molar-refractivity contribution in [3.8, 4) is 22.9 Å². The number of hydrogen-bond acceptors (Lipinski definition) is 6. The molecule has 8 heteroatoms. The lowest BCUT2D eigenvalue weighted by atomic mass is 10.1. The highest BCUT2D eigenvalue weighted by atomic mass is 16.4. The molecule has 4 aromatic rings. The maximum Gasteiger partial charge on any atom is 0.255 e. The number of aryl methyl sites for hydroxylation is 1. The van der Waals surface area contributed by atoms with E-state index in [-0.39, 0.29) is 5.91 Å². The first-order valence-electron chi connectivity index (χ1n) is 11.5. The van der Waals surface area contributed by atoms with E-state index in [0.29, 0.717) is 34.2 Å². The Hall–Kier alpha value is -4.46. The second-order valence-electron chi connectivity index (χ2n) is 8.60. The standard InChI is InChI=1S/C27H25N5O3/c1-17-5-4-6-21(15-17)27-31-30-26(35-27)19-9-7-18(8-10-19)25(34)29-22-16-20(24(28)33)11-12-23(22)32-13-2-3-14-32/h4-12,15-16H,2-3,13-14H2,1H3,(H2,28,33)(H,29,34). The summed E-state index contributed by atoms with van der Waals surface area (Å²) in [4.78, 5) is 26.9. The molecule has 0 bridgehead atoms. The van der Waals surface area contributed by atoms with Gasteiger partial charge in [-0.25, -0.2) is 0 Å². The molecule has 3 aromatic carbocycles. The monoisotopic (exact) mass is 467 g/mol. The van der Waals surface area contributed by atoms with E-state index in [0.717, 1.165) is 42.7 Å². The summed E-state index contributed by atoms with van der Waals surface area (Å²) >= 11 is 0. The van der Waals surface area contributed by atoms with Gasteiger partial charge in [-0.05, 0) is 74.4 Å². The fourth-order valence-electron chi connectivity index (χ4n) is 4.22. The van der Waals surface area contributed by atoms with Gasteiger partial charge < -0.3 is 20.4 Å². The Labute approximate surface area is 202 Å². The number of nitrogens with two attached hydrogens (primary N) is 1. The summed E-state index contributed by atoms with van der Waals surface area (Å²) in [7, 11) is 0. The van der Waals surface area contributed by atoms with Crippen molar-refractivity contribution >= 4 is 23.2 Å².